The summed E-state index contributed by atoms with van der Waals surface area (Å²) in [6.45, 7) is 0.624. The summed E-state index contributed by atoms with van der Waals surface area (Å²) in [7, 11) is 0. The van der Waals surface area contributed by atoms with Gasteiger partial charge >= 0.3 is 0 Å². The fourth-order valence-corrected chi connectivity index (χ4v) is 3.56. The smallest absolute Gasteiger partial charge is 0.138 e. The summed E-state index contributed by atoms with van der Waals surface area (Å²) in [5.74, 6) is 0.803. The van der Waals surface area contributed by atoms with Gasteiger partial charge in [0.15, 0.2) is 0 Å². The van der Waals surface area contributed by atoms with Crippen LogP contribution in [0.3, 0.4) is 0 Å². The van der Waals surface area contributed by atoms with Crippen molar-refractivity contribution < 1.29 is 0 Å². The van der Waals surface area contributed by atoms with Crippen molar-refractivity contribution in [2.45, 2.75) is 6.54 Å². The Kier molecular flexibility index (Phi) is 4.77. The molecule has 26 heavy (non-hydrogen) atoms. The Morgan fingerprint density at radius 2 is 1.65 bits per heavy atom. The van der Waals surface area contributed by atoms with Gasteiger partial charge in [0.05, 0.1) is 11.0 Å². The van der Waals surface area contributed by atoms with Crippen LogP contribution in [-0.4, -0.2) is 9.97 Å². The van der Waals surface area contributed by atoms with E-state index in [1.165, 1.54) is 0 Å². The third-order valence-electron chi connectivity index (χ3n) is 4.00. The van der Waals surface area contributed by atoms with Crippen molar-refractivity contribution >= 4 is 51.5 Å². The van der Waals surface area contributed by atoms with Crippen molar-refractivity contribution in [3.63, 3.8) is 0 Å². The van der Waals surface area contributed by atoms with Crippen molar-refractivity contribution in [2.75, 3.05) is 5.32 Å². The Hall–Kier alpha value is -2.20. The lowest BCUT2D eigenvalue weighted by Crippen LogP contribution is -1.99. The molecule has 3 aromatic carbocycles. The van der Waals surface area contributed by atoms with Crippen molar-refractivity contribution in [1.82, 2.24) is 9.97 Å². The molecular weight excluding hydrogens is 389 g/mol. The van der Waals surface area contributed by atoms with Gasteiger partial charge in [0.25, 0.3) is 0 Å². The number of anilines is 1. The van der Waals surface area contributed by atoms with Crippen LogP contribution in [-0.2, 0) is 6.54 Å². The van der Waals surface area contributed by atoms with Crippen molar-refractivity contribution in [3.8, 4) is 11.4 Å². The maximum Gasteiger partial charge on any atom is 0.138 e. The van der Waals surface area contributed by atoms with Crippen LogP contribution >= 0.6 is 34.8 Å². The maximum absolute atomic E-state index is 6.05. The Labute approximate surface area is 165 Å². The van der Waals surface area contributed by atoms with Gasteiger partial charge in [0.1, 0.15) is 5.82 Å². The van der Waals surface area contributed by atoms with E-state index in [-0.39, 0.29) is 0 Å². The number of rotatable bonds is 4. The standard InChI is InChI=1S/C20H14Cl3N3/c21-14-4-5-18-19(10-14)26-20(25-18)13-2-1-3-17(8-13)24-11-12-6-15(22)9-16(23)7-12/h1-10,24H,11H2,(H,25,26). The first-order valence-electron chi connectivity index (χ1n) is 8.01. The molecule has 0 atom stereocenters. The first-order valence-corrected chi connectivity index (χ1v) is 9.15. The van der Waals surface area contributed by atoms with E-state index in [4.69, 9.17) is 34.8 Å². The fourth-order valence-electron chi connectivity index (χ4n) is 2.81. The van der Waals surface area contributed by atoms with E-state index in [0.29, 0.717) is 21.6 Å². The summed E-state index contributed by atoms with van der Waals surface area (Å²) in [6, 6.07) is 19.2. The number of fused-ring (bicyclic) bond motifs is 1. The van der Waals surface area contributed by atoms with Gasteiger partial charge in [-0.25, -0.2) is 4.98 Å². The molecule has 0 fully saturated rings. The van der Waals surface area contributed by atoms with Gasteiger partial charge in [-0.2, -0.15) is 0 Å². The summed E-state index contributed by atoms with van der Waals surface area (Å²) >= 11 is 18.2. The highest BCUT2D eigenvalue weighted by molar-refractivity contribution is 6.34. The van der Waals surface area contributed by atoms with Crippen LogP contribution in [0.4, 0.5) is 5.69 Å². The van der Waals surface area contributed by atoms with Crippen LogP contribution in [0.15, 0.2) is 60.7 Å². The van der Waals surface area contributed by atoms with Gasteiger partial charge in [-0.3, -0.25) is 0 Å². The number of nitrogens with one attached hydrogen (secondary N) is 2. The second-order valence-corrected chi connectivity index (χ2v) is 7.27. The minimum absolute atomic E-state index is 0.624. The van der Waals surface area contributed by atoms with Crippen LogP contribution in [0, 0.1) is 0 Å². The molecule has 1 heterocycles. The van der Waals surface area contributed by atoms with Crippen molar-refractivity contribution in [2.24, 2.45) is 0 Å². The largest absolute Gasteiger partial charge is 0.381 e. The molecule has 0 amide bonds. The Morgan fingerprint density at radius 3 is 2.46 bits per heavy atom. The summed E-state index contributed by atoms with van der Waals surface area (Å²) < 4.78 is 0. The number of aromatic amines is 1. The Bertz CT molecular complexity index is 1070. The van der Waals surface area contributed by atoms with Crippen LogP contribution in [0.2, 0.25) is 15.1 Å². The lowest BCUT2D eigenvalue weighted by atomic mass is 10.1. The van der Waals surface area contributed by atoms with Crippen LogP contribution in [0.1, 0.15) is 5.56 Å². The maximum atomic E-state index is 6.05. The molecule has 0 aliphatic carbocycles. The molecule has 0 spiro atoms. The van der Waals surface area contributed by atoms with E-state index >= 15 is 0 Å². The molecule has 0 aliphatic rings. The zero-order chi connectivity index (χ0) is 18.1. The summed E-state index contributed by atoms with van der Waals surface area (Å²) in [5, 5.41) is 5.33. The highest BCUT2D eigenvalue weighted by atomic mass is 35.5. The number of H-pyrrole nitrogens is 1. The first kappa shape index (κ1) is 17.2. The molecule has 0 saturated carbocycles. The molecule has 6 heteroatoms. The fraction of sp³-hybridized carbons (Fsp3) is 0.0500. The normalized spacial score (nSPS) is 11.0. The highest BCUT2D eigenvalue weighted by Gasteiger charge is 2.07. The van der Waals surface area contributed by atoms with Gasteiger partial charge in [0.2, 0.25) is 0 Å². The van der Waals surface area contributed by atoms with Gasteiger partial charge in [0, 0.05) is 32.9 Å². The number of benzene rings is 3. The molecule has 130 valence electrons. The third-order valence-corrected chi connectivity index (χ3v) is 4.67. The molecule has 4 aromatic rings. The summed E-state index contributed by atoms with van der Waals surface area (Å²) in [5.41, 5.74) is 4.80. The van der Waals surface area contributed by atoms with E-state index in [1.54, 1.807) is 6.07 Å². The molecule has 3 nitrogen and oxygen atoms in total. The quantitative estimate of drug-likeness (QED) is 0.394. The zero-order valence-electron chi connectivity index (χ0n) is 13.6. The number of hydrogen-bond donors (Lipinski definition) is 2. The van der Waals surface area contributed by atoms with E-state index < -0.39 is 0 Å². The van der Waals surface area contributed by atoms with Gasteiger partial charge in [-0.05, 0) is 54.1 Å². The van der Waals surface area contributed by atoms with E-state index in [9.17, 15) is 0 Å². The van der Waals surface area contributed by atoms with Crippen LogP contribution < -0.4 is 5.32 Å². The molecule has 0 bridgehead atoms. The van der Waals surface area contributed by atoms with E-state index in [2.05, 4.69) is 15.3 Å². The number of nitrogens with zero attached hydrogens (tertiary/aromatic N) is 1. The Morgan fingerprint density at radius 1 is 0.846 bits per heavy atom. The van der Waals surface area contributed by atoms with Gasteiger partial charge < -0.3 is 10.3 Å². The second-order valence-electron chi connectivity index (χ2n) is 5.96. The van der Waals surface area contributed by atoms with Gasteiger partial charge in [-0.1, -0.05) is 46.9 Å². The third kappa shape index (κ3) is 3.80. The van der Waals surface area contributed by atoms with Gasteiger partial charge in [-0.15, -0.1) is 0 Å². The van der Waals surface area contributed by atoms with Crippen molar-refractivity contribution in [3.05, 3.63) is 81.3 Å². The first-order chi connectivity index (χ1) is 12.6. The average molecular weight is 403 g/mol. The summed E-state index contributed by atoms with van der Waals surface area (Å²) in [6.07, 6.45) is 0. The molecule has 0 saturated heterocycles. The molecule has 0 unspecified atom stereocenters. The second kappa shape index (κ2) is 7.20. The average Bonchev–Trinajstić information content (AvgIpc) is 3.03. The number of imidazole rings is 1. The van der Waals surface area contributed by atoms with E-state index in [1.807, 2.05) is 54.6 Å². The van der Waals surface area contributed by atoms with Crippen LogP contribution in [0.25, 0.3) is 22.4 Å². The number of aromatic nitrogens is 2. The topological polar surface area (TPSA) is 40.7 Å². The molecular formula is C20H14Cl3N3. The highest BCUT2D eigenvalue weighted by Crippen LogP contribution is 2.25. The predicted molar refractivity (Wildman–Crippen MR) is 110 cm³/mol. The SMILES string of the molecule is Clc1cc(Cl)cc(CNc2cccc(-c3nc4ccc(Cl)cc4[nH]3)c2)c1. The molecule has 4 rings (SSSR count). The van der Waals surface area contributed by atoms with Crippen molar-refractivity contribution in [1.29, 1.82) is 0 Å². The lowest BCUT2D eigenvalue weighted by molar-refractivity contribution is 1.15. The number of halogens is 3. The lowest BCUT2D eigenvalue weighted by Gasteiger charge is -2.08. The summed E-state index contributed by atoms with van der Waals surface area (Å²) in [4.78, 5) is 7.94. The monoisotopic (exact) mass is 401 g/mol. The van der Waals surface area contributed by atoms with E-state index in [0.717, 1.165) is 33.7 Å². The van der Waals surface area contributed by atoms with Crippen LogP contribution in [0.5, 0.6) is 0 Å². The Balaban J connectivity index is 1.57. The zero-order valence-corrected chi connectivity index (χ0v) is 15.8. The molecule has 0 aliphatic heterocycles. The minimum atomic E-state index is 0.624. The minimum Gasteiger partial charge on any atom is -0.381 e. The molecule has 2 N–H and O–H groups in total. The number of hydrogen-bond acceptors (Lipinski definition) is 2. The molecule has 1 aromatic heterocycles. The molecule has 0 radical (unpaired) electrons. The predicted octanol–water partition coefficient (Wildman–Crippen LogP) is 6.80.